The van der Waals surface area contributed by atoms with Crippen LogP contribution in [-0.4, -0.2) is 124 Å². The second-order valence-electron chi connectivity index (χ2n) is 19.0. The molecule has 2 saturated heterocycles. The summed E-state index contributed by atoms with van der Waals surface area (Å²) in [7, 11) is 3.11. The fourth-order valence-corrected chi connectivity index (χ4v) is 9.10. The third-order valence-corrected chi connectivity index (χ3v) is 12.3. The molecule has 23 heteroatoms. The number of imidazole rings is 2. The molecule has 2 aliphatic heterocycles. The van der Waals surface area contributed by atoms with Crippen LogP contribution in [0.5, 0.6) is 11.5 Å². The van der Waals surface area contributed by atoms with Gasteiger partial charge in [-0.25, -0.2) is 14.8 Å². The average Bonchev–Trinajstić information content (AvgIpc) is 4.09. The van der Waals surface area contributed by atoms with Gasteiger partial charge in [-0.15, -0.1) is 0 Å². The first-order valence-corrected chi connectivity index (χ1v) is 23.9. The highest BCUT2D eigenvalue weighted by Crippen LogP contribution is 2.35. The molecule has 2 aliphatic rings. The predicted octanol–water partition coefficient (Wildman–Crippen LogP) is 4.66. The molecule has 0 bridgehead atoms. The lowest BCUT2D eigenvalue weighted by atomic mass is 9.86. The van der Waals surface area contributed by atoms with Crippen molar-refractivity contribution in [3.8, 4) is 11.5 Å². The van der Waals surface area contributed by atoms with Crippen LogP contribution in [0.2, 0.25) is 0 Å². The first kappa shape index (κ1) is 50.6. The fourth-order valence-electron chi connectivity index (χ4n) is 9.10. The number of nitrogens with zero attached hydrogens (tertiary/aromatic N) is 9. The minimum Gasteiger partial charge on any atom is -0.494 e. The number of carbonyl (C=O) groups excluding carboxylic acids is 5. The smallest absolute Gasteiger partial charge is 0.407 e. The molecule has 0 radical (unpaired) electrons. The first-order valence-electron chi connectivity index (χ1n) is 23.9. The summed E-state index contributed by atoms with van der Waals surface area (Å²) in [6.07, 6.45) is 8.51. The third kappa shape index (κ3) is 11.2. The number of aryl methyl sites for hydroxylation is 3. The third-order valence-electron chi connectivity index (χ3n) is 12.3. The minimum absolute atomic E-state index is 0.0490. The lowest BCUT2D eigenvalue weighted by molar-refractivity contribution is -0.166. The van der Waals surface area contributed by atoms with E-state index in [2.05, 4.69) is 31.0 Å². The van der Waals surface area contributed by atoms with Gasteiger partial charge >= 0.3 is 6.09 Å². The predicted molar refractivity (Wildman–Crippen MR) is 266 cm³/mol. The number of rotatable bonds is 19. The monoisotopic (exact) mass is 990 g/mol. The molecule has 8 rings (SSSR count). The number of anilines is 2. The van der Waals surface area contributed by atoms with E-state index in [4.69, 9.17) is 40.4 Å². The molecule has 6 aromatic rings. The van der Waals surface area contributed by atoms with Gasteiger partial charge in [0.05, 0.1) is 53.8 Å². The molecule has 5 amide bonds. The van der Waals surface area contributed by atoms with E-state index in [1.54, 1.807) is 60.7 Å². The second kappa shape index (κ2) is 20.9. The van der Waals surface area contributed by atoms with Gasteiger partial charge in [0.2, 0.25) is 23.7 Å². The molecule has 0 atom stereocenters. The summed E-state index contributed by atoms with van der Waals surface area (Å²) < 4.78 is 30.2. The van der Waals surface area contributed by atoms with Crippen molar-refractivity contribution in [2.45, 2.75) is 97.7 Å². The summed E-state index contributed by atoms with van der Waals surface area (Å²) in [5.74, 6) is -1.54. The number of amides is 5. The topological polar surface area (TPSA) is 285 Å². The van der Waals surface area contributed by atoms with Crippen LogP contribution in [0.1, 0.15) is 106 Å². The Hall–Kier alpha value is -7.79. The van der Waals surface area contributed by atoms with E-state index in [0.717, 1.165) is 39.1 Å². The SMILES string of the molecule is CCn1nc(C)cc1C(=O)Nc1nc2cc(C(N)=O)cc(OC)c2n1C/C=C/Cn1c(NC(=O)c2cn(C)nc2CNC(=O)OC(C)(C)C)nc2cc(C(N)=O)cc(OCCCN3CC4(CCCCO4)C3)c21. The highest BCUT2D eigenvalue weighted by molar-refractivity contribution is 6.06. The summed E-state index contributed by atoms with van der Waals surface area (Å²) in [5.41, 5.74) is 14.1. The van der Waals surface area contributed by atoms with E-state index in [0.29, 0.717) is 64.5 Å². The highest BCUT2D eigenvalue weighted by atomic mass is 16.6. The molecule has 0 aliphatic carbocycles. The molecule has 0 saturated carbocycles. The fraction of sp³-hybridized carbons (Fsp3) is 0.449. The Balaban J connectivity index is 1.12. The first-order chi connectivity index (χ1) is 34.3. The number of methoxy groups -OCH3 is 1. The Bertz CT molecular complexity index is 3070. The number of nitrogens with one attached hydrogen (secondary N) is 3. The van der Waals surface area contributed by atoms with Gasteiger partial charge in [0.15, 0.2) is 0 Å². The Morgan fingerprint density at radius 2 is 1.49 bits per heavy atom. The highest BCUT2D eigenvalue weighted by Gasteiger charge is 2.44. The lowest BCUT2D eigenvalue weighted by Gasteiger charge is -2.51. The molecular weight excluding hydrogens is 929 g/mol. The Morgan fingerprint density at radius 3 is 2.07 bits per heavy atom. The van der Waals surface area contributed by atoms with Gasteiger partial charge in [-0.05, 0) is 90.6 Å². The number of ether oxygens (including phenoxy) is 4. The van der Waals surface area contributed by atoms with E-state index in [1.165, 1.54) is 42.6 Å². The number of allylic oxidation sites excluding steroid dienone is 2. The standard InChI is InChI=1S/C49H62N14O9/c1-8-63-36(20-29(2)57-63)44(67)56-46-53-33-21-30(41(50)64)23-37(69-7)39(33)61(46)16-10-11-17-62-40-34(54-45(62)55-43(66)32-26-59(6)58-35(32)25-52-47(68)72-48(3,4)5)22-31(42(51)65)24-38(40)70-18-13-15-60-27-49(28-60)14-9-12-19-71-49/h10-11,20-24,26H,8-9,12-19,25,27-28H2,1-7H3,(H2,50,64)(H2,51,65)(H,52,68)(H,53,56,67)(H,54,55,66)/b11-10+. The van der Waals surface area contributed by atoms with Crippen LogP contribution in [0.25, 0.3) is 22.1 Å². The molecule has 1 spiro atoms. The van der Waals surface area contributed by atoms with Crippen molar-refractivity contribution in [1.82, 2.24) is 48.9 Å². The zero-order chi connectivity index (χ0) is 51.5. The number of primary amides is 2. The number of benzene rings is 2. The summed E-state index contributed by atoms with van der Waals surface area (Å²) in [6, 6.07) is 7.82. The van der Waals surface area contributed by atoms with Crippen LogP contribution >= 0.6 is 0 Å². The number of hydrogen-bond acceptors (Lipinski definition) is 14. The number of hydrogen-bond donors (Lipinski definition) is 5. The quantitative estimate of drug-likeness (QED) is 0.0545. The van der Waals surface area contributed by atoms with Gasteiger partial charge in [0, 0.05) is 70.2 Å². The minimum atomic E-state index is -0.742. The maximum Gasteiger partial charge on any atom is 0.407 e. The van der Waals surface area contributed by atoms with E-state index in [-0.39, 0.29) is 59.5 Å². The zero-order valence-corrected chi connectivity index (χ0v) is 41.7. The van der Waals surface area contributed by atoms with Crippen LogP contribution in [0.4, 0.5) is 16.7 Å². The maximum absolute atomic E-state index is 14.2. The molecule has 4 aromatic heterocycles. The summed E-state index contributed by atoms with van der Waals surface area (Å²) in [6.45, 7) is 13.1. The van der Waals surface area contributed by atoms with Crippen molar-refractivity contribution in [3.63, 3.8) is 0 Å². The maximum atomic E-state index is 14.2. The van der Waals surface area contributed by atoms with Crippen molar-refractivity contribution in [3.05, 3.63) is 82.5 Å². The summed E-state index contributed by atoms with van der Waals surface area (Å²) in [4.78, 5) is 77.5. The van der Waals surface area contributed by atoms with Gasteiger partial charge in [-0.3, -0.25) is 44.1 Å². The Labute approximate surface area is 415 Å². The van der Waals surface area contributed by atoms with Crippen molar-refractivity contribution in [1.29, 1.82) is 0 Å². The van der Waals surface area contributed by atoms with Gasteiger partial charge in [0.25, 0.3) is 11.8 Å². The average molecular weight is 991 g/mol. The number of likely N-dealkylation sites (tertiary alicyclic amines) is 1. The molecule has 6 heterocycles. The number of aromatic nitrogens is 8. The molecule has 2 fully saturated rings. The van der Waals surface area contributed by atoms with Gasteiger partial charge in [-0.2, -0.15) is 10.2 Å². The summed E-state index contributed by atoms with van der Waals surface area (Å²) >= 11 is 0. The van der Waals surface area contributed by atoms with Crippen molar-refractivity contribution in [2.24, 2.45) is 18.5 Å². The van der Waals surface area contributed by atoms with Crippen LogP contribution < -0.4 is 36.9 Å². The molecule has 382 valence electrons. The number of carbonyl (C=O) groups is 5. The van der Waals surface area contributed by atoms with E-state index < -0.39 is 35.3 Å². The number of nitrogens with two attached hydrogens (primary N) is 2. The van der Waals surface area contributed by atoms with Gasteiger partial charge in [-0.1, -0.05) is 12.2 Å². The van der Waals surface area contributed by atoms with E-state index >= 15 is 0 Å². The van der Waals surface area contributed by atoms with Crippen molar-refractivity contribution in [2.75, 3.05) is 50.6 Å². The van der Waals surface area contributed by atoms with Gasteiger partial charge < -0.3 is 44.9 Å². The lowest BCUT2D eigenvalue weighted by Crippen LogP contribution is -2.64. The van der Waals surface area contributed by atoms with Crippen LogP contribution in [-0.2, 0) is 42.7 Å². The van der Waals surface area contributed by atoms with Crippen molar-refractivity contribution >= 4 is 63.7 Å². The second-order valence-corrected chi connectivity index (χ2v) is 19.0. The zero-order valence-electron chi connectivity index (χ0n) is 41.7. The van der Waals surface area contributed by atoms with Crippen LogP contribution in [0.15, 0.2) is 48.7 Å². The van der Waals surface area contributed by atoms with E-state index in [1.807, 2.05) is 19.1 Å². The molecule has 0 unspecified atom stereocenters. The molecule has 7 N–H and O–H groups in total. The van der Waals surface area contributed by atoms with Crippen molar-refractivity contribution < 1.29 is 42.9 Å². The molecular formula is C49H62N14O9. The number of alkyl carbamates (subject to hydrolysis) is 1. The van der Waals surface area contributed by atoms with Crippen LogP contribution in [0.3, 0.4) is 0 Å². The Kier molecular flexibility index (Phi) is 14.7. The normalized spacial score (nSPS) is 14.7. The van der Waals surface area contributed by atoms with E-state index in [9.17, 15) is 24.0 Å². The Morgan fingerprint density at radius 1 is 0.861 bits per heavy atom. The van der Waals surface area contributed by atoms with Gasteiger partial charge in [0.1, 0.15) is 33.8 Å². The summed E-state index contributed by atoms with van der Waals surface area (Å²) in [5, 5.41) is 17.3. The van der Waals surface area contributed by atoms with Crippen LogP contribution in [0, 0.1) is 6.92 Å². The molecule has 2 aromatic carbocycles. The molecule has 72 heavy (non-hydrogen) atoms. The largest absolute Gasteiger partial charge is 0.494 e. The number of fused-ring (bicyclic) bond motifs is 2. The molecule has 23 nitrogen and oxygen atoms in total.